The Balaban J connectivity index is 1.60. The molecule has 0 atom stereocenters. The second-order valence-corrected chi connectivity index (χ2v) is 5.60. The van der Waals surface area contributed by atoms with Crippen molar-refractivity contribution in [2.45, 2.75) is 6.54 Å². The number of halogens is 2. The summed E-state index contributed by atoms with van der Waals surface area (Å²) in [4.78, 5) is 4.28. The Kier molecular flexibility index (Phi) is 4.24. The van der Waals surface area contributed by atoms with Crippen molar-refractivity contribution < 1.29 is 8.78 Å². The Hall–Kier alpha value is -2.14. The summed E-state index contributed by atoms with van der Waals surface area (Å²) >= 11 is 0. The number of nitrogens with zero attached hydrogens (tertiary/aromatic N) is 2. The molecule has 116 valence electrons. The number of nitrogens with two attached hydrogens (primary N) is 1. The van der Waals surface area contributed by atoms with Crippen molar-refractivity contribution in [2.75, 3.05) is 36.8 Å². The van der Waals surface area contributed by atoms with Crippen LogP contribution >= 0.6 is 0 Å². The van der Waals surface area contributed by atoms with E-state index in [1.54, 1.807) is 24.3 Å². The molecule has 0 amide bonds. The first kappa shape index (κ1) is 14.8. The van der Waals surface area contributed by atoms with Crippen LogP contribution in [0, 0.1) is 11.6 Å². The van der Waals surface area contributed by atoms with E-state index in [4.69, 9.17) is 5.73 Å². The molecule has 0 bridgehead atoms. The predicted molar refractivity (Wildman–Crippen MR) is 84.7 cm³/mol. The molecule has 3 rings (SSSR count). The molecule has 5 heteroatoms. The van der Waals surface area contributed by atoms with Crippen LogP contribution in [0.5, 0.6) is 0 Å². The van der Waals surface area contributed by atoms with Crippen LogP contribution in [-0.2, 0) is 6.54 Å². The molecular formula is C17H19F2N3. The lowest BCUT2D eigenvalue weighted by molar-refractivity contribution is 0.249. The number of piperazine rings is 1. The van der Waals surface area contributed by atoms with E-state index in [9.17, 15) is 8.78 Å². The number of hydrogen-bond donors (Lipinski definition) is 1. The van der Waals surface area contributed by atoms with Gasteiger partial charge >= 0.3 is 0 Å². The van der Waals surface area contributed by atoms with E-state index in [1.165, 1.54) is 12.1 Å². The van der Waals surface area contributed by atoms with Crippen molar-refractivity contribution in [1.29, 1.82) is 0 Å². The third kappa shape index (κ3) is 3.36. The number of hydrogen-bond acceptors (Lipinski definition) is 3. The van der Waals surface area contributed by atoms with Gasteiger partial charge in [0.15, 0.2) is 0 Å². The van der Waals surface area contributed by atoms with E-state index in [-0.39, 0.29) is 11.6 Å². The zero-order chi connectivity index (χ0) is 15.5. The fourth-order valence-electron chi connectivity index (χ4n) is 2.82. The molecule has 2 N–H and O–H groups in total. The van der Waals surface area contributed by atoms with Crippen molar-refractivity contribution in [3.8, 4) is 0 Å². The minimum atomic E-state index is -0.279. The van der Waals surface area contributed by atoms with Crippen LogP contribution < -0.4 is 10.6 Å². The molecule has 3 nitrogen and oxygen atoms in total. The summed E-state index contributed by atoms with van der Waals surface area (Å²) in [6.45, 7) is 3.85. The summed E-state index contributed by atoms with van der Waals surface area (Å²) in [7, 11) is 0. The Morgan fingerprint density at radius 3 is 2.41 bits per heavy atom. The minimum absolute atomic E-state index is 0.208. The predicted octanol–water partition coefficient (Wildman–Crippen LogP) is 2.87. The molecular weight excluding hydrogens is 284 g/mol. The van der Waals surface area contributed by atoms with Crippen LogP contribution in [0.4, 0.5) is 20.2 Å². The summed E-state index contributed by atoms with van der Waals surface area (Å²) in [5, 5.41) is 0. The summed E-state index contributed by atoms with van der Waals surface area (Å²) in [6.07, 6.45) is 0. The quantitative estimate of drug-likeness (QED) is 0.885. The smallest absolute Gasteiger partial charge is 0.148 e. The van der Waals surface area contributed by atoms with Crippen LogP contribution in [0.15, 0.2) is 42.5 Å². The van der Waals surface area contributed by atoms with Gasteiger partial charge in [-0.05, 0) is 35.9 Å². The molecule has 0 radical (unpaired) electrons. The van der Waals surface area contributed by atoms with Gasteiger partial charge in [0.05, 0.1) is 5.69 Å². The molecule has 0 aromatic heterocycles. The monoisotopic (exact) mass is 303 g/mol. The molecule has 1 fully saturated rings. The molecule has 2 aromatic carbocycles. The van der Waals surface area contributed by atoms with Gasteiger partial charge in [-0.1, -0.05) is 12.1 Å². The molecule has 1 aliphatic heterocycles. The second kappa shape index (κ2) is 6.32. The van der Waals surface area contributed by atoms with Crippen molar-refractivity contribution in [1.82, 2.24) is 4.90 Å². The summed E-state index contributed by atoms with van der Waals surface area (Å²) in [6, 6.07) is 11.5. The maximum atomic E-state index is 13.9. The highest BCUT2D eigenvalue weighted by Crippen LogP contribution is 2.23. The van der Waals surface area contributed by atoms with Gasteiger partial charge in [-0.25, -0.2) is 8.78 Å². The fourth-order valence-corrected chi connectivity index (χ4v) is 2.82. The summed E-state index contributed by atoms with van der Waals surface area (Å²) in [5.74, 6) is -0.487. The fraction of sp³-hybridized carbons (Fsp3) is 0.294. The van der Waals surface area contributed by atoms with Gasteiger partial charge in [0.1, 0.15) is 11.6 Å². The van der Waals surface area contributed by atoms with Gasteiger partial charge in [0, 0.05) is 38.4 Å². The normalized spacial score (nSPS) is 16.0. The van der Waals surface area contributed by atoms with Gasteiger partial charge in [-0.2, -0.15) is 0 Å². The van der Waals surface area contributed by atoms with E-state index in [2.05, 4.69) is 4.90 Å². The van der Waals surface area contributed by atoms with E-state index < -0.39 is 0 Å². The average Bonchev–Trinajstić information content (AvgIpc) is 2.48. The SMILES string of the molecule is Nc1ccc(N2CCN(Cc3cccc(F)c3)CC2)c(F)c1. The van der Waals surface area contributed by atoms with Gasteiger partial charge in [-0.15, -0.1) is 0 Å². The van der Waals surface area contributed by atoms with Gasteiger partial charge < -0.3 is 10.6 Å². The van der Waals surface area contributed by atoms with E-state index >= 15 is 0 Å². The number of nitrogen functional groups attached to an aromatic ring is 1. The first-order valence-electron chi connectivity index (χ1n) is 7.38. The molecule has 2 aromatic rings. The lowest BCUT2D eigenvalue weighted by atomic mass is 10.1. The lowest BCUT2D eigenvalue weighted by Crippen LogP contribution is -2.46. The highest BCUT2D eigenvalue weighted by atomic mass is 19.1. The average molecular weight is 303 g/mol. The largest absolute Gasteiger partial charge is 0.399 e. The van der Waals surface area contributed by atoms with Gasteiger partial charge in [-0.3, -0.25) is 4.90 Å². The van der Waals surface area contributed by atoms with Gasteiger partial charge in [0.2, 0.25) is 0 Å². The van der Waals surface area contributed by atoms with Crippen molar-refractivity contribution in [3.63, 3.8) is 0 Å². The third-order valence-electron chi connectivity index (χ3n) is 3.98. The Bertz CT molecular complexity index is 652. The second-order valence-electron chi connectivity index (χ2n) is 5.60. The minimum Gasteiger partial charge on any atom is -0.399 e. The maximum Gasteiger partial charge on any atom is 0.148 e. The molecule has 1 saturated heterocycles. The summed E-state index contributed by atoms with van der Waals surface area (Å²) < 4.78 is 27.1. The standard InChI is InChI=1S/C17H19F2N3/c18-14-3-1-2-13(10-14)12-21-6-8-22(9-7-21)17-5-4-15(20)11-16(17)19/h1-5,10-11H,6-9,12,20H2. The molecule has 0 spiro atoms. The molecule has 0 aliphatic carbocycles. The Morgan fingerprint density at radius 1 is 0.955 bits per heavy atom. The van der Waals surface area contributed by atoms with Crippen molar-refractivity contribution in [2.24, 2.45) is 0 Å². The highest BCUT2D eigenvalue weighted by Gasteiger charge is 2.19. The molecule has 22 heavy (non-hydrogen) atoms. The van der Waals surface area contributed by atoms with Crippen LogP contribution in [0.3, 0.4) is 0 Å². The molecule has 0 saturated carbocycles. The maximum absolute atomic E-state index is 13.9. The Morgan fingerprint density at radius 2 is 1.73 bits per heavy atom. The van der Waals surface area contributed by atoms with Crippen LogP contribution in [-0.4, -0.2) is 31.1 Å². The number of rotatable bonds is 3. The van der Waals surface area contributed by atoms with E-state index in [0.29, 0.717) is 11.4 Å². The number of anilines is 2. The van der Waals surface area contributed by atoms with Crippen molar-refractivity contribution in [3.05, 3.63) is 59.7 Å². The zero-order valence-corrected chi connectivity index (χ0v) is 12.3. The number of benzene rings is 2. The summed E-state index contributed by atoms with van der Waals surface area (Å²) in [5.41, 5.74) is 7.58. The van der Waals surface area contributed by atoms with Gasteiger partial charge in [0.25, 0.3) is 0 Å². The topological polar surface area (TPSA) is 32.5 Å². The lowest BCUT2D eigenvalue weighted by Gasteiger charge is -2.36. The Labute approximate surface area is 128 Å². The van der Waals surface area contributed by atoms with Crippen molar-refractivity contribution >= 4 is 11.4 Å². The third-order valence-corrected chi connectivity index (χ3v) is 3.98. The van der Waals surface area contributed by atoms with Crippen LogP contribution in [0.1, 0.15) is 5.56 Å². The highest BCUT2D eigenvalue weighted by molar-refractivity contribution is 5.54. The zero-order valence-electron chi connectivity index (χ0n) is 12.3. The first-order valence-corrected chi connectivity index (χ1v) is 7.38. The molecule has 0 unspecified atom stereocenters. The first-order chi connectivity index (χ1) is 10.6. The van der Waals surface area contributed by atoms with Crippen LogP contribution in [0.25, 0.3) is 0 Å². The molecule has 1 heterocycles. The van der Waals surface area contributed by atoms with Crippen LogP contribution in [0.2, 0.25) is 0 Å². The van der Waals surface area contributed by atoms with E-state index in [0.717, 1.165) is 38.3 Å². The van der Waals surface area contributed by atoms with E-state index in [1.807, 2.05) is 11.0 Å². The molecule has 1 aliphatic rings.